The van der Waals surface area contributed by atoms with E-state index in [2.05, 4.69) is 10.3 Å². The van der Waals surface area contributed by atoms with Crippen LogP contribution in [-0.4, -0.2) is 24.0 Å². The fraction of sp³-hybridized carbons (Fsp3) is 0.105. The third-order valence-corrected chi connectivity index (χ3v) is 5.88. The van der Waals surface area contributed by atoms with E-state index in [4.69, 9.17) is 9.15 Å². The maximum Gasteiger partial charge on any atom is 0.342 e. The Kier molecular flexibility index (Phi) is 4.51. The number of thiazole rings is 1. The van der Waals surface area contributed by atoms with Gasteiger partial charge in [0.15, 0.2) is 0 Å². The van der Waals surface area contributed by atoms with Crippen LogP contribution < -0.4 is 5.32 Å². The van der Waals surface area contributed by atoms with Gasteiger partial charge in [0, 0.05) is 0 Å². The van der Waals surface area contributed by atoms with Crippen molar-refractivity contribution in [2.45, 2.75) is 6.92 Å². The summed E-state index contributed by atoms with van der Waals surface area (Å²) >= 11 is 2.74. The summed E-state index contributed by atoms with van der Waals surface area (Å²) in [6.07, 6.45) is 0. The summed E-state index contributed by atoms with van der Waals surface area (Å²) in [5.74, 6) is -0.303. The second-order valence-corrected chi connectivity index (χ2v) is 7.63. The number of thiophene rings is 1. The third kappa shape index (κ3) is 3.13. The van der Waals surface area contributed by atoms with Gasteiger partial charge in [-0.05, 0) is 30.5 Å². The number of anilines is 1. The van der Waals surface area contributed by atoms with Gasteiger partial charge in [-0.1, -0.05) is 18.2 Å². The molecule has 1 amide bonds. The number of aryl methyl sites for hydroxylation is 1. The number of amides is 1. The van der Waals surface area contributed by atoms with Gasteiger partial charge in [0.05, 0.1) is 27.8 Å². The Morgan fingerprint density at radius 3 is 2.70 bits per heavy atom. The van der Waals surface area contributed by atoms with Gasteiger partial charge in [-0.3, -0.25) is 10.1 Å². The molecule has 0 unspecified atom stereocenters. The number of hydrogen-bond acceptors (Lipinski definition) is 7. The van der Waals surface area contributed by atoms with Crippen LogP contribution >= 0.6 is 22.7 Å². The van der Waals surface area contributed by atoms with Crippen LogP contribution in [0.1, 0.15) is 25.8 Å². The Labute approximate surface area is 162 Å². The molecule has 0 radical (unpaired) electrons. The van der Waals surface area contributed by atoms with Crippen LogP contribution in [0.4, 0.5) is 5.88 Å². The van der Waals surface area contributed by atoms with Gasteiger partial charge in [0.2, 0.25) is 5.88 Å². The fourth-order valence-corrected chi connectivity index (χ4v) is 4.37. The molecule has 0 bridgehead atoms. The predicted molar refractivity (Wildman–Crippen MR) is 106 cm³/mol. The zero-order valence-electron chi connectivity index (χ0n) is 14.4. The van der Waals surface area contributed by atoms with Crippen LogP contribution in [0.3, 0.4) is 0 Å². The summed E-state index contributed by atoms with van der Waals surface area (Å²) in [5.41, 5.74) is 1.51. The summed E-state index contributed by atoms with van der Waals surface area (Å²) in [5, 5.41) is 5.15. The van der Waals surface area contributed by atoms with Crippen molar-refractivity contribution < 1.29 is 18.7 Å². The number of carbonyl (C=O) groups is 2. The molecule has 0 atom stereocenters. The lowest BCUT2D eigenvalue weighted by molar-refractivity contribution is 0.0599. The van der Waals surface area contributed by atoms with Gasteiger partial charge < -0.3 is 9.15 Å². The minimum absolute atomic E-state index is 0.186. The minimum Gasteiger partial charge on any atom is -0.465 e. The van der Waals surface area contributed by atoms with E-state index >= 15 is 0 Å². The Hall–Kier alpha value is -2.97. The molecule has 27 heavy (non-hydrogen) atoms. The molecule has 4 aromatic rings. The smallest absolute Gasteiger partial charge is 0.342 e. The number of esters is 1. The highest BCUT2D eigenvalue weighted by atomic mass is 32.1. The van der Waals surface area contributed by atoms with Gasteiger partial charge in [0.25, 0.3) is 5.91 Å². The molecule has 1 N–H and O–H groups in total. The molecule has 0 spiro atoms. The highest BCUT2D eigenvalue weighted by molar-refractivity contribution is 7.21. The van der Waals surface area contributed by atoms with E-state index in [0.29, 0.717) is 21.2 Å². The van der Waals surface area contributed by atoms with Crippen LogP contribution in [0.15, 0.2) is 46.2 Å². The minimum atomic E-state index is -0.540. The summed E-state index contributed by atoms with van der Waals surface area (Å²) in [7, 11) is 1.31. The molecular weight excluding hydrogens is 384 g/mol. The van der Waals surface area contributed by atoms with E-state index in [-0.39, 0.29) is 17.4 Å². The van der Waals surface area contributed by atoms with Crippen LogP contribution in [0.2, 0.25) is 0 Å². The second kappa shape index (κ2) is 6.98. The maximum absolute atomic E-state index is 12.5. The first-order valence-corrected chi connectivity index (χ1v) is 9.70. The topological polar surface area (TPSA) is 81.4 Å². The molecule has 0 aliphatic rings. The lowest BCUT2D eigenvalue weighted by Gasteiger charge is -2.03. The predicted octanol–water partition coefficient (Wildman–Crippen LogP) is 4.97. The Morgan fingerprint density at radius 1 is 1.19 bits per heavy atom. The van der Waals surface area contributed by atoms with Crippen LogP contribution in [0.5, 0.6) is 0 Å². The number of rotatable bonds is 4. The van der Waals surface area contributed by atoms with Gasteiger partial charge in [-0.2, -0.15) is 0 Å². The molecule has 0 saturated heterocycles. The standard InChI is InChI=1S/C19H14N2O4S2/c1-10-14(19(23)24-2)15(18-20-11-6-3-4-7-12(11)27-18)17(25-10)21-16(22)13-8-5-9-26-13/h3-9H,1-2H3,(H,21,22). The molecule has 3 aromatic heterocycles. The number of aromatic nitrogens is 1. The first kappa shape index (κ1) is 17.4. The largest absolute Gasteiger partial charge is 0.465 e. The maximum atomic E-state index is 12.5. The highest BCUT2D eigenvalue weighted by Crippen LogP contribution is 2.40. The molecular formula is C19H14N2O4S2. The normalized spacial score (nSPS) is 10.9. The number of carbonyl (C=O) groups excluding carboxylic acids is 2. The van der Waals surface area contributed by atoms with Crippen molar-refractivity contribution in [2.24, 2.45) is 0 Å². The number of methoxy groups -OCH3 is 1. The number of nitrogens with one attached hydrogen (secondary N) is 1. The number of fused-ring (bicyclic) bond motifs is 1. The molecule has 3 heterocycles. The van der Waals surface area contributed by atoms with Crippen LogP contribution in [-0.2, 0) is 4.74 Å². The first-order valence-electron chi connectivity index (χ1n) is 8.01. The van der Waals surface area contributed by atoms with Crippen molar-refractivity contribution >= 4 is 50.7 Å². The summed E-state index contributed by atoms with van der Waals surface area (Å²) < 4.78 is 11.6. The Balaban J connectivity index is 1.86. The van der Waals surface area contributed by atoms with Crippen LogP contribution in [0.25, 0.3) is 20.8 Å². The second-order valence-electron chi connectivity index (χ2n) is 5.65. The average Bonchev–Trinajstić information content (AvgIpc) is 3.39. The SMILES string of the molecule is COC(=O)c1c(C)oc(NC(=O)c2cccs2)c1-c1nc2ccccc2s1. The van der Waals surface area contributed by atoms with E-state index in [1.54, 1.807) is 19.1 Å². The molecule has 4 rings (SSSR count). The van der Waals surface area contributed by atoms with E-state index < -0.39 is 5.97 Å². The molecule has 0 fully saturated rings. The fourth-order valence-electron chi connectivity index (χ4n) is 2.74. The number of benzene rings is 1. The van der Waals surface area contributed by atoms with Gasteiger partial charge >= 0.3 is 5.97 Å². The highest BCUT2D eigenvalue weighted by Gasteiger charge is 2.29. The Bertz CT molecular complexity index is 1110. The average molecular weight is 398 g/mol. The molecule has 136 valence electrons. The number of hydrogen-bond donors (Lipinski definition) is 1. The van der Waals surface area contributed by atoms with Crippen molar-refractivity contribution in [2.75, 3.05) is 12.4 Å². The van der Waals surface area contributed by atoms with Crippen molar-refractivity contribution in [3.8, 4) is 10.6 Å². The number of para-hydroxylation sites is 1. The quantitative estimate of drug-likeness (QED) is 0.491. The van der Waals surface area contributed by atoms with Crippen LogP contribution in [0, 0.1) is 6.92 Å². The third-order valence-electron chi connectivity index (χ3n) is 3.95. The van der Waals surface area contributed by atoms with Crippen molar-refractivity contribution in [1.82, 2.24) is 4.98 Å². The van der Waals surface area contributed by atoms with E-state index in [1.807, 2.05) is 29.6 Å². The number of ether oxygens (including phenoxy) is 1. The zero-order chi connectivity index (χ0) is 19.0. The molecule has 0 saturated carbocycles. The Morgan fingerprint density at radius 2 is 2.00 bits per heavy atom. The van der Waals surface area contributed by atoms with Crippen molar-refractivity contribution in [3.05, 3.63) is 58.0 Å². The summed E-state index contributed by atoms with van der Waals surface area (Å²) in [4.78, 5) is 30.0. The van der Waals surface area contributed by atoms with Crippen molar-refractivity contribution in [1.29, 1.82) is 0 Å². The molecule has 0 aliphatic carbocycles. The molecule has 6 nitrogen and oxygen atoms in total. The van der Waals surface area contributed by atoms with E-state index in [1.165, 1.54) is 29.8 Å². The lowest BCUT2D eigenvalue weighted by Crippen LogP contribution is -2.10. The van der Waals surface area contributed by atoms with Gasteiger partial charge in [-0.15, -0.1) is 22.7 Å². The lowest BCUT2D eigenvalue weighted by atomic mass is 10.1. The van der Waals surface area contributed by atoms with Gasteiger partial charge in [0.1, 0.15) is 16.3 Å². The van der Waals surface area contributed by atoms with Crippen molar-refractivity contribution in [3.63, 3.8) is 0 Å². The first-order chi connectivity index (χ1) is 13.1. The van der Waals surface area contributed by atoms with E-state index in [9.17, 15) is 9.59 Å². The summed E-state index contributed by atoms with van der Waals surface area (Å²) in [6, 6.07) is 11.2. The molecule has 8 heteroatoms. The molecule has 0 aliphatic heterocycles. The molecule has 1 aromatic carbocycles. The monoisotopic (exact) mass is 398 g/mol. The number of nitrogens with zero attached hydrogens (tertiary/aromatic N) is 1. The zero-order valence-corrected chi connectivity index (χ0v) is 16.1. The van der Waals surface area contributed by atoms with E-state index in [0.717, 1.165) is 10.2 Å². The number of furan rings is 1. The summed E-state index contributed by atoms with van der Waals surface area (Å²) in [6.45, 7) is 1.66. The van der Waals surface area contributed by atoms with Gasteiger partial charge in [-0.25, -0.2) is 9.78 Å².